The summed E-state index contributed by atoms with van der Waals surface area (Å²) in [6.07, 6.45) is 2.50. The maximum atomic E-state index is 12.2. The Morgan fingerprint density at radius 3 is 2.54 bits per heavy atom. The van der Waals surface area contributed by atoms with Crippen molar-refractivity contribution in [3.8, 4) is 0 Å². The predicted molar refractivity (Wildman–Crippen MR) is 107 cm³/mol. The van der Waals surface area contributed by atoms with Crippen LogP contribution in [0.5, 0.6) is 0 Å². The third-order valence-electron chi connectivity index (χ3n) is 5.15. The summed E-state index contributed by atoms with van der Waals surface area (Å²) in [5, 5.41) is 2.91. The average molecular weight is 383 g/mol. The summed E-state index contributed by atoms with van der Waals surface area (Å²) in [7, 11) is 0. The van der Waals surface area contributed by atoms with Crippen molar-refractivity contribution in [1.82, 2.24) is 4.90 Å². The number of nitrogens with two attached hydrogens (primary N) is 2. The first-order valence-electron chi connectivity index (χ1n) is 9.07. The summed E-state index contributed by atoms with van der Waals surface area (Å²) in [5.74, 6) is -0.186. The number of anilines is 1. The monoisotopic (exact) mass is 382 g/mol. The Morgan fingerprint density at radius 2 is 1.96 bits per heavy atom. The van der Waals surface area contributed by atoms with Gasteiger partial charge in [0.15, 0.2) is 0 Å². The van der Waals surface area contributed by atoms with Crippen molar-refractivity contribution < 1.29 is 9.59 Å². The van der Waals surface area contributed by atoms with Crippen LogP contribution in [-0.2, 0) is 16.1 Å². The normalized spacial score (nSPS) is 17.8. The van der Waals surface area contributed by atoms with Gasteiger partial charge in [-0.3, -0.25) is 14.5 Å². The van der Waals surface area contributed by atoms with Crippen LogP contribution < -0.4 is 16.8 Å². The molecule has 6 nitrogen and oxygen atoms in total. The van der Waals surface area contributed by atoms with Crippen molar-refractivity contribution in [3.05, 3.63) is 29.8 Å². The molecule has 0 saturated carbocycles. The topological polar surface area (TPSA) is 101 Å². The van der Waals surface area contributed by atoms with Gasteiger partial charge < -0.3 is 16.8 Å². The molecular formula is C19H31ClN4O2. The third kappa shape index (κ3) is 6.27. The Morgan fingerprint density at radius 1 is 1.31 bits per heavy atom. The van der Waals surface area contributed by atoms with Crippen molar-refractivity contribution in [3.63, 3.8) is 0 Å². The molecule has 1 aliphatic rings. The van der Waals surface area contributed by atoms with Crippen LogP contribution in [0.15, 0.2) is 24.3 Å². The van der Waals surface area contributed by atoms with Gasteiger partial charge in [-0.05, 0) is 49.5 Å². The molecule has 1 fully saturated rings. The molecule has 0 bridgehead atoms. The maximum Gasteiger partial charge on any atom is 0.241 e. The van der Waals surface area contributed by atoms with E-state index in [9.17, 15) is 9.59 Å². The molecule has 2 unspecified atom stereocenters. The van der Waals surface area contributed by atoms with Gasteiger partial charge in [0.05, 0.1) is 6.04 Å². The first-order chi connectivity index (χ1) is 11.9. The number of nitrogens with zero attached hydrogens (tertiary/aromatic N) is 1. The fourth-order valence-corrected chi connectivity index (χ4v) is 3.12. The minimum atomic E-state index is -0.499. The number of amides is 2. The molecule has 1 aromatic rings. The van der Waals surface area contributed by atoms with E-state index in [0.29, 0.717) is 0 Å². The smallest absolute Gasteiger partial charge is 0.241 e. The van der Waals surface area contributed by atoms with Crippen molar-refractivity contribution in [2.75, 3.05) is 18.4 Å². The molecule has 1 heterocycles. The molecule has 26 heavy (non-hydrogen) atoms. The van der Waals surface area contributed by atoms with Gasteiger partial charge in [0.1, 0.15) is 0 Å². The van der Waals surface area contributed by atoms with Gasteiger partial charge in [0.25, 0.3) is 0 Å². The second-order valence-electron chi connectivity index (χ2n) is 7.05. The third-order valence-corrected chi connectivity index (χ3v) is 5.15. The van der Waals surface area contributed by atoms with Crippen LogP contribution in [-0.4, -0.2) is 35.8 Å². The van der Waals surface area contributed by atoms with Gasteiger partial charge in [-0.1, -0.05) is 32.4 Å². The summed E-state index contributed by atoms with van der Waals surface area (Å²) in [4.78, 5) is 25.8. The fraction of sp³-hybridized carbons (Fsp3) is 0.579. The number of hydrogen-bond acceptors (Lipinski definition) is 4. The van der Waals surface area contributed by atoms with Gasteiger partial charge in [0.2, 0.25) is 11.8 Å². The van der Waals surface area contributed by atoms with Crippen LogP contribution >= 0.6 is 12.4 Å². The lowest BCUT2D eigenvalue weighted by Crippen LogP contribution is -2.40. The van der Waals surface area contributed by atoms with Crippen LogP contribution in [0.2, 0.25) is 0 Å². The second kappa shape index (κ2) is 10.5. The number of carbonyl (C=O) groups is 2. The summed E-state index contributed by atoms with van der Waals surface area (Å²) < 4.78 is 0. The number of rotatable bonds is 7. The van der Waals surface area contributed by atoms with E-state index in [4.69, 9.17) is 11.5 Å². The van der Waals surface area contributed by atoms with Crippen LogP contribution in [0.25, 0.3) is 0 Å². The Labute approximate surface area is 162 Å². The Kier molecular flexibility index (Phi) is 9.05. The van der Waals surface area contributed by atoms with Crippen LogP contribution in [0.3, 0.4) is 0 Å². The van der Waals surface area contributed by atoms with Gasteiger partial charge in [-0.2, -0.15) is 0 Å². The van der Waals surface area contributed by atoms with E-state index in [-0.39, 0.29) is 36.1 Å². The molecular weight excluding hydrogens is 352 g/mol. The van der Waals surface area contributed by atoms with Crippen LogP contribution in [0.4, 0.5) is 5.69 Å². The van der Waals surface area contributed by atoms with Crippen molar-refractivity contribution >= 4 is 29.9 Å². The highest BCUT2D eigenvalue weighted by Crippen LogP contribution is 2.20. The highest BCUT2D eigenvalue weighted by molar-refractivity contribution is 5.94. The lowest BCUT2D eigenvalue weighted by molar-refractivity contribution is -0.123. The summed E-state index contributed by atoms with van der Waals surface area (Å²) in [5.41, 5.74) is 13.3. The van der Waals surface area contributed by atoms with Crippen LogP contribution in [0.1, 0.15) is 38.7 Å². The standard InChI is InChI=1S/C19H30N4O2.ClH/c1-3-13(2)17(20)19(25)22-16-6-4-5-14(11-16)12-23-9-7-15(8-10-23)18(21)24;/h4-6,11,13,15,17H,3,7-10,12,20H2,1-2H3,(H2,21,24)(H,22,25);1H. The number of nitrogens with one attached hydrogen (secondary N) is 1. The Hall–Kier alpha value is -1.63. The van der Waals surface area contributed by atoms with Crippen LogP contribution in [0, 0.1) is 11.8 Å². The molecule has 1 saturated heterocycles. The Balaban J connectivity index is 0.00000338. The average Bonchev–Trinajstić information content (AvgIpc) is 2.61. The summed E-state index contributed by atoms with van der Waals surface area (Å²) in [6, 6.07) is 7.35. The van der Waals surface area contributed by atoms with E-state index in [1.165, 1.54) is 0 Å². The zero-order valence-electron chi connectivity index (χ0n) is 15.6. The zero-order valence-corrected chi connectivity index (χ0v) is 16.4. The van der Waals surface area contributed by atoms with Crippen molar-refractivity contribution in [1.29, 1.82) is 0 Å². The molecule has 2 amide bonds. The molecule has 146 valence electrons. The molecule has 0 aromatic heterocycles. The molecule has 1 aromatic carbocycles. The van der Waals surface area contributed by atoms with Gasteiger partial charge in [-0.15, -0.1) is 12.4 Å². The fourth-order valence-electron chi connectivity index (χ4n) is 3.12. The quantitative estimate of drug-likeness (QED) is 0.672. The van der Waals surface area contributed by atoms with E-state index >= 15 is 0 Å². The maximum absolute atomic E-state index is 12.2. The largest absolute Gasteiger partial charge is 0.369 e. The summed E-state index contributed by atoms with van der Waals surface area (Å²) >= 11 is 0. The van der Waals surface area contributed by atoms with E-state index in [1.807, 2.05) is 38.1 Å². The Bertz CT molecular complexity index is 603. The minimum absolute atomic E-state index is 0. The number of carbonyl (C=O) groups excluding carboxylic acids is 2. The van der Waals surface area contributed by atoms with E-state index in [0.717, 1.165) is 50.1 Å². The second-order valence-corrected chi connectivity index (χ2v) is 7.05. The highest BCUT2D eigenvalue weighted by Gasteiger charge is 2.23. The molecule has 5 N–H and O–H groups in total. The first-order valence-corrected chi connectivity index (χ1v) is 9.07. The molecule has 0 radical (unpaired) electrons. The SMILES string of the molecule is CCC(C)C(N)C(=O)Nc1cccc(CN2CCC(C(N)=O)CC2)c1.Cl. The first kappa shape index (κ1) is 22.4. The highest BCUT2D eigenvalue weighted by atomic mass is 35.5. The molecule has 7 heteroatoms. The number of benzene rings is 1. The molecule has 0 aliphatic carbocycles. The van der Waals surface area contributed by atoms with Gasteiger partial charge in [0, 0.05) is 18.2 Å². The summed E-state index contributed by atoms with van der Waals surface area (Å²) in [6.45, 7) is 6.54. The molecule has 2 atom stereocenters. The lowest BCUT2D eigenvalue weighted by Gasteiger charge is -2.30. The predicted octanol–water partition coefficient (Wildman–Crippen LogP) is 2.12. The van der Waals surface area contributed by atoms with Crippen molar-refractivity contribution in [2.45, 2.75) is 45.7 Å². The number of hydrogen-bond donors (Lipinski definition) is 3. The molecule has 1 aliphatic heterocycles. The van der Waals surface area contributed by atoms with Gasteiger partial charge in [-0.25, -0.2) is 0 Å². The number of likely N-dealkylation sites (tertiary alicyclic amines) is 1. The van der Waals surface area contributed by atoms with E-state index in [1.54, 1.807) is 0 Å². The number of halogens is 1. The lowest BCUT2D eigenvalue weighted by atomic mass is 9.96. The van der Waals surface area contributed by atoms with E-state index < -0.39 is 6.04 Å². The van der Waals surface area contributed by atoms with E-state index in [2.05, 4.69) is 10.2 Å². The molecule has 0 spiro atoms. The number of primary amides is 1. The minimum Gasteiger partial charge on any atom is -0.369 e. The molecule has 2 rings (SSSR count). The number of piperidine rings is 1. The zero-order chi connectivity index (χ0) is 18.4. The van der Waals surface area contributed by atoms with Crippen molar-refractivity contribution in [2.24, 2.45) is 23.3 Å². The van der Waals surface area contributed by atoms with Gasteiger partial charge >= 0.3 is 0 Å².